The van der Waals surface area contributed by atoms with Crippen molar-refractivity contribution in [3.8, 4) is 17.2 Å². The quantitative estimate of drug-likeness (QED) is 0.421. The Bertz CT molecular complexity index is 1200. The smallest absolute Gasteiger partial charge is 0.244 e. The summed E-state index contributed by atoms with van der Waals surface area (Å²) in [5, 5.41) is 2.86. The van der Waals surface area contributed by atoms with Crippen LogP contribution in [0.15, 0.2) is 42.5 Å². The van der Waals surface area contributed by atoms with Crippen LogP contribution in [0.1, 0.15) is 39.2 Å². The number of anilines is 1. The van der Waals surface area contributed by atoms with Crippen LogP contribution >= 0.6 is 0 Å². The Kier molecular flexibility index (Phi) is 9.62. The zero-order valence-electron chi connectivity index (χ0n) is 21.7. The Morgan fingerprint density at radius 3 is 2.51 bits per heavy atom. The number of amides is 2. The fraction of sp³-hybridized carbons (Fsp3) is 0.462. The van der Waals surface area contributed by atoms with E-state index in [1.54, 1.807) is 43.5 Å². The molecule has 2 aromatic rings. The molecule has 1 atom stereocenters. The third kappa shape index (κ3) is 6.85. The average molecular weight is 534 g/mol. The molecule has 2 aromatic carbocycles. The number of hydrogen-bond acceptors (Lipinski definition) is 7. The van der Waals surface area contributed by atoms with E-state index < -0.39 is 28.5 Å². The lowest BCUT2D eigenvalue weighted by atomic mass is 10.1. The van der Waals surface area contributed by atoms with Crippen LogP contribution in [0.4, 0.5) is 5.69 Å². The number of methoxy groups -OCH3 is 1. The van der Waals surface area contributed by atoms with Crippen molar-refractivity contribution in [1.29, 1.82) is 0 Å². The molecule has 11 heteroatoms. The number of carbonyl (C=O) groups excluding carboxylic acids is 2. The van der Waals surface area contributed by atoms with Gasteiger partial charge < -0.3 is 24.4 Å². The van der Waals surface area contributed by atoms with Gasteiger partial charge in [-0.1, -0.05) is 26.0 Å². The van der Waals surface area contributed by atoms with E-state index in [4.69, 9.17) is 14.2 Å². The fourth-order valence-electron chi connectivity index (χ4n) is 4.01. The molecule has 37 heavy (non-hydrogen) atoms. The van der Waals surface area contributed by atoms with Crippen molar-refractivity contribution >= 4 is 27.5 Å². The van der Waals surface area contributed by atoms with Crippen LogP contribution in [-0.4, -0.2) is 63.9 Å². The molecule has 0 radical (unpaired) electrons. The van der Waals surface area contributed by atoms with Crippen LogP contribution in [0.2, 0.25) is 0 Å². The van der Waals surface area contributed by atoms with Crippen LogP contribution in [0.3, 0.4) is 0 Å². The summed E-state index contributed by atoms with van der Waals surface area (Å²) >= 11 is 0. The molecule has 1 N–H and O–H groups in total. The van der Waals surface area contributed by atoms with E-state index in [2.05, 4.69) is 5.32 Å². The zero-order chi connectivity index (χ0) is 27.0. The van der Waals surface area contributed by atoms with E-state index in [1.165, 1.54) is 11.8 Å². The molecular weight excluding hydrogens is 498 g/mol. The first-order chi connectivity index (χ1) is 17.7. The van der Waals surface area contributed by atoms with Crippen LogP contribution in [0.5, 0.6) is 17.2 Å². The van der Waals surface area contributed by atoms with Gasteiger partial charge in [-0.3, -0.25) is 13.9 Å². The maximum atomic E-state index is 13.8. The minimum Gasteiger partial charge on any atom is -0.497 e. The van der Waals surface area contributed by atoms with Gasteiger partial charge in [-0.15, -0.1) is 0 Å². The number of nitrogens with zero attached hydrogens (tertiary/aromatic N) is 2. The topological polar surface area (TPSA) is 114 Å². The lowest BCUT2D eigenvalue weighted by Crippen LogP contribution is -2.52. The number of benzene rings is 2. The Morgan fingerprint density at radius 1 is 1.08 bits per heavy atom. The molecule has 0 aromatic heterocycles. The molecule has 0 bridgehead atoms. The summed E-state index contributed by atoms with van der Waals surface area (Å²) in [6.07, 6.45) is 1.11. The molecule has 10 nitrogen and oxygen atoms in total. The number of sulfonamides is 1. The van der Waals surface area contributed by atoms with Crippen molar-refractivity contribution in [1.82, 2.24) is 10.2 Å². The minimum absolute atomic E-state index is 0.0393. The van der Waals surface area contributed by atoms with Crippen molar-refractivity contribution < 1.29 is 32.2 Å². The number of rotatable bonds is 13. The van der Waals surface area contributed by atoms with Crippen molar-refractivity contribution in [3.05, 3.63) is 48.0 Å². The summed E-state index contributed by atoms with van der Waals surface area (Å²) in [7, 11) is -2.29. The molecular formula is C26H35N3O7S. The number of fused-ring (bicyclic) bond motifs is 1. The fourth-order valence-corrected chi connectivity index (χ4v) is 5.07. The Morgan fingerprint density at radius 2 is 1.84 bits per heavy atom. The molecule has 1 unspecified atom stereocenters. The van der Waals surface area contributed by atoms with E-state index in [1.807, 2.05) is 19.9 Å². The molecule has 3 rings (SSSR count). The van der Waals surface area contributed by atoms with Crippen LogP contribution in [-0.2, 0) is 26.2 Å². The highest BCUT2D eigenvalue weighted by Gasteiger charge is 2.33. The van der Waals surface area contributed by atoms with Crippen LogP contribution in [0.25, 0.3) is 0 Å². The van der Waals surface area contributed by atoms with Gasteiger partial charge in [0.2, 0.25) is 28.6 Å². The SMILES string of the molecule is CCCNC(=O)C(CC)N(Cc1cccc(OC)c1)C(=O)CN(c1ccc2c(c1)OCO2)S(=O)(=O)CC. The molecule has 202 valence electrons. The Hall–Kier alpha value is -3.47. The average Bonchev–Trinajstić information content (AvgIpc) is 3.38. The van der Waals surface area contributed by atoms with Crippen molar-refractivity contribution in [3.63, 3.8) is 0 Å². The summed E-state index contributed by atoms with van der Waals surface area (Å²) in [4.78, 5) is 28.3. The summed E-state index contributed by atoms with van der Waals surface area (Å²) in [5.74, 6) is 0.523. The summed E-state index contributed by atoms with van der Waals surface area (Å²) in [6, 6.07) is 11.2. The lowest BCUT2D eigenvalue weighted by Gasteiger charge is -2.33. The normalized spacial score (nSPS) is 13.1. The van der Waals surface area contributed by atoms with Gasteiger partial charge in [0.15, 0.2) is 11.5 Å². The monoisotopic (exact) mass is 533 g/mol. The van der Waals surface area contributed by atoms with E-state index in [0.717, 1.165) is 16.3 Å². The van der Waals surface area contributed by atoms with Crippen molar-refractivity contribution in [2.45, 2.75) is 46.2 Å². The highest BCUT2D eigenvalue weighted by atomic mass is 32.2. The first-order valence-corrected chi connectivity index (χ1v) is 13.9. The number of ether oxygens (including phenoxy) is 3. The highest BCUT2D eigenvalue weighted by Crippen LogP contribution is 2.36. The Labute approximate surface area is 218 Å². The molecule has 1 aliphatic rings. The predicted molar refractivity (Wildman–Crippen MR) is 140 cm³/mol. The predicted octanol–water partition coefficient (Wildman–Crippen LogP) is 2.91. The number of carbonyl (C=O) groups is 2. The third-order valence-electron chi connectivity index (χ3n) is 6.05. The largest absolute Gasteiger partial charge is 0.497 e. The molecule has 0 fully saturated rings. The van der Waals surface area contributed by atoms with Gasteiger partial charge in [-0.05, 0) is 49.6 Å². The second-order valence-electron chi connectivity index (χ2n) is 8.53. The molecule has 1 heterocycles. The first-order valence-electron chi connectivity index (χ1n) is 12.3. The second-order valence-corrected chi connectivity index (χ2v) is 10.7. The maximum Gasteiger partial charge on any atom is 0.244 e. The summed E-state index contributed by atoms with van der Waals surface area (Å²) in [6.45, 7) is 5.43. The molecule has 0 spiro atoms. The first kappa shape index (κ1) is 28.1. The van der Waals surface area contributed by atoms with E-state index in [9.17, 15) is 18.0 Å². The molecule has 0 saturated heterocycles. The summed E-state index contributed by atoms with van der Waals surface area (Å²) in [5.41, 5.74) is 1.03. The van der Waals surface area contributed by atoms with E-state index in [-0.39, 0.29) is 30.7 Å². The highest BCUT2D eigenvalue weighted by molar-refractivity contribution is 7.92. The van der Waals surface area contributed by atoms with Gasteiger partial charge in [0, 0.05) is 19.2 Å². The van der Waals surface area contributed by atoms with Gasteiger partial charge >= 0.3 is 0 Å². The standard InChI is InChI=1S/C26H35N3O7S/c1-5-13-27-26(31)22(6-2)28(16-19-9-8-10-21(14-19)34-4)25(30)17-29(37(32,33)7-3)20-11-12-23-24(15-20)36-18-35-23/h8-12,14-15,22H,5-7,13,16-18H2,1-4H3,(H,27,31). The van der Waals surface area contributed by atoms with Crippen molar-refractivity contribution in [2.75, 3.05) is 37.1 Å². The van der Waals surface area contributed by atoms with Gasteiger partial charge in [-0.25, -0.2) is 8.42 Å². The molecule has 2 amide bonds. The molecule has 0 saturated carbocycles. The van der Waals surface area contributed by atoms with Gasteiger partial charge in [0.25, 0.3) is 0 Å². The zero-order valence-corrected chi connectivity index (χ0v) is 22.5. The second kappa shape index (κ2) is 12.7. The van der Waals surface area contributed by atoms with Crippen molar-refractivity contribution in [2.24, 2.45) is 0 Å². The van der Waals surface area contributed by atoms with Gasteiger partial charge in [0.1, 0.15) is 18.3 Å². The maximum absolute atomic E-state index is 13.8. The Balaban J connectivity index is 1.97. The molecule has 1 aliphatic heterocycles. The third-order valence-corrected chi connectivity index (χ3v) is 7.79. The van der Waals surface area contributed by atoms with E-state index >= 15 is 0 Å². The minimum atomic E-state index is -3.84. The van der Waals surface area contributed by atoms with Gasteiger partial charge in [0.05, 0.1) is 18.6 Å². The van der Waals surface area contributed by atoms with Crippen LogP contribution < -0.4 is 23.8 Å². The number of hydrogen-bond donors (Lipinski definition) is 1. The summed E-state index contributed by atoms with van der Waals surface area (Å²) < 4.78 is 43.3. The molecule has 0 aliphatic carbocycles. The van der Waals surface area contributed by atoms with E-state index in [0.29, 0.717) is 30.2 Å². The van der Waals surface area contributed by atoms with Gasteiger partial charge in [-0.2, -0.15) is 0 Å². The number of nitrogens with one attached hydrogen (secondary N) is 1. The van der Waals surface area contributed by atoms with Crippen LogP contribution in [0, 0.1) is 0 Å². The lowest BCUT2D eigenvalue weighted by molar-refractivity contribution is -0.140.